The van der Waals surface area contributed by atoms with Crippen molar-refractivity contribution in [2.75, 3.05) is 17.6 Å². The van der Waals surface area contributed by atoms with Crippen molar-refractivity contribution < 1.29 is 0 Å². The van der Waals surface area contributed by atoms with E-state index in [1.807, 2.05) is 36.0 Å². The molecule has 2 N–H and O–H groups in total. The van der Waals surface area contributed by atoms with Gasteiger partial charge in [-0.2, -0.15) is 11.8 Å². The van der Waals surface area contributed by atoms with E-state index < -0.39 is 0 Å². The zero-order valence-electron chi connectivity index (χ0n) is 13.1. The molecule has 0 aliphatic heterocycles. The van der Waals surface area contributed by atoms with Gasteiger partial charge in [0, 0.05) is 23.0 Å². The molecule has 122 valence electrons. The second-order valence-electron chi connectivity index (χ2n) is 5.28. The molecule has 0 saturated carbocycles. The van der Waals surface area contributed by atoms with Crippen LogP contribution in [0.15, 0.2) is 48.5 Å². The highest BCUT2D eigenvalue weighted by Crippen LogP contribution is 2.16. The van der Waals surface area contributed by atoms with Gasteiger partial charge in [-0.1, -0.05) is 35.9 Å². The second kappa shape index (κ2) is 9.81. The van der Waals surface area contributed by atoms with Gasteiger partial charge in [-0.25, -0.2) is 0 Å². The minimum Gasteiger partial charge on any atom is -0.362 e. The number of thioether (sulfide) groups is 1. The van der Waals surface area contributed by atoms with Crippen molar-refractivity contribution in [1.82, 2.24) is 5.32 Å². The van der Waals surface area contributed by atoms with Crippen LogP contribution in [0.3, 0.4) is 0 Å². The molecule has 0 aliphatic carbocycles. The van der Waals surface area contributed by atoms with Crippen molar-refractivity contribution in [2.24, 2.45) is 0 Å². The van der Waals surface area contributed by atoms with Crippen molar-refractivity contribution >= 4 is 46.4 Å². The van der Waals surface area contributed by atoms with Crippen LogP contribution in [0.5, 0.6) is 0 Å². The molecule has 2 rings (SSSR count). The summed E-state index contributed by atoms with van der Waals surface area (Å²) in [6.45, 7) is 2.95. The minimum absolute atomic E-state index is 0.679. The second-order valence-corrected chi connectivity index (χ2v) is 7.23. The van der Waals surface area contributed by atoms with Crippen molar-refractivity contribution in [1.29, 1.82) is 0 Å². The number of hydrogen-bond acceptors (Lipinski definition) is 2. The van der Waals surface area contributed by atoms with Crippen LogP contribution >= 0.6 is 35.6 Å². The quantitative estimate of drug-likeness (QED) is 0.517. The molecule has 0 amide bonds. The highest BCUT2D eigenvalue weighted by molar-refractivity contribution is 7.98. The molecule has 23 heavy (non-hydrogen) atoms. The van der Waals surface area contributed by atoms with Crippen molar-refractivity contribution in [3.05, 3.63) is 64.7 Å². The fraction of sp³-hybridized carbons (Fsp3) is 0.278. The van der Waals surface area contributed by atoms with Crippen molar-refractivity contribution in [3.8, 4) is 0 Å². The monoisotopic (exact) mass is 364 g/mol. The lowest BCUT2D eigenvalue weighted by atomic mass is 10.2. The van der Waals surface area contributed by atoms with Gasteiger partial charge in [0.15, 0.2) is 5.11 Å². The maximum atomic E-state index is 5.88. The molecule has 0 spiro atoms. The Morgan fingerprint density at radius 3 is 2.70 bits per heavy atom. The maximum Gasteiger partial charge on any atom is 0.170 e. The van der Waals surface area contributed by atoms with E-state index in [9.17, 15) is 0 Å². The highest BCUT2D eigenvalue weighted by Gasteiger charge is 1.98. The fourth-order valence-electron chi connectivity index (χ4n) is 2.04. The Morgan fingerprint density at radius 1 is 1.17 bits per heavy atom. The number of nitrogens with one attached hydrogen (secondary N) is 2. The van der Waals surface area contributed by atoms with E-state index in [0.29, 0.717) is 5.11 Å². The van der Waals surface area contributed by atoms with E-state index in [4.69, 9.17) is 23.8 Å². The molecular formula is C18H21ClN2S2. The highest BCUT2D eigenvalue weighted by atomic mass is 35.5. The summed E-state index contributed by atoms with van der Waals surface area (Å²) in [4.78, 5) is 0. The SMILES string of the molecule is Cc1cccc(NC(=S)NCCCSCc2ccc(Cl)cc2)c1. The Hall–Kier alpha value is -1.23. The Kier molecular flexibility index (Phi) is 7.72. The van der Waals surface area contributed by atoms with Gasteiger partial charge in [0.25, 0.3) is 0 Å². The number of hydrogen-bond donors (Lipinski definition) is 2. The average Bonchev–Trinajstić information content (AvgIpc) is 2.52. The molecule has 0 aliphatic rings. The summed E-state index contributed by atoms with van der Waals surface area (Å²) in [6.07, 6.45) is 1.08. The molecule has 0 fully saturated rings. The summed E-state index contributed by atoms with van der Waals surface area (Å²) in [7, 11) is 0. The summed E-state index contributed by atoms with van der Waals surface area (Å²) in [5.41, 5.74) is 3.56. The van der Waals surface area contributed by atoms with Gasteiger partial charge in [-0.15, -0.1) is 0 Å². The van der Waals surface area contributed by atoms with Gasteiger partial charge in [0.05, 0.1) is 0 Å². The molecule has 5 heteroatoms. The van der Waals surface area contributed by atoms with E-state index in [1.54, 1.807) is 0 Å². The first-order chi connectivity index (χ1) is 11.1. The molecule has 2 aromatic rings. The Balaban J connectivity index is 1.56. The van der Waals surface area contributed by atoms with Crippen LogP contribution in [0.2, 0.25) is 5.02 Å². The third kappa shape index (κ3) is 7.25. The minimum atomic E-state index is 0.679. The fourth-order valence-corrected chi connectivity index (χ4v) is 3.31. The number of rotatable bonds is 7. The van der Waals surface area contributed by atoms with Gasteiger partial charge < -0.3 is 10.6 Å². The molecule has 0 radical (unpaired) electrons. The Labute approximate surface area is 153 Å². The van der Waals surface area contributed by atoms with Crippen LogP contribution in [-0.4, -0.2) is 17.4 Å². The normalized spacial score (nSPS) is 10.3. The third-order valence-corrected chi connectivity index (χ3v) is 4.82. The summed E-state index contributed by atoms with van der Waals surface area (Å²) >= 11 is 13.1. The topological polar surface area (TPSA) is 24.1 Å². The van der Waals surface area contributed by atoms with E-state index in [0.717, 1.165) is 35.2 Å². The molecule has 0 atom stereocenters. The summed E-state index contributed by atoms with van der Waals surface area (Å²) in [6, 6.07) is 16.2. The standard InChI is InChI=1S/C18H21ClN2S2/c1-14-4-2-5-17(12-14)21-18(22)20-10-3-11-23-13-15-6-8-16(19)9-7-15/h2,4-9,12H,3,10-11,13H2,1H3,(H2,20,21,22). The smallest absolute Gasteiger partial charge is 0.170 e. The predicted octanol–water partition coefficient (Wildman–Crippen LogP) is 5.26. The van der Waals surface area contributed by atoms with E-state index in [2.05, 4.69) is 41.8 Å². The lowest BCUT2D eigenvalue weighted by Gasteiger charge is -2.10. The van der Waals surface area contributed by atoms with Crippen molar-refractivity contribution in [3.63, 3.8) is 0 Å². The number of halogens is 1. The maximum absolute atomic E-state index is 5.88. The first-order valence-electron chi connectivity index (χ1n) is 7.57. The zero-order chi connectivity index (χ0) is 16.5. The molecule has 2 aromatic carbocycles. The number of thiocarbonyl (C=S) groups is 1. The van der Waals surface area contributed by atoms with Crippen molar-refractivity contribution in [2.45, 2.75) is 19.1 Å². The number of benzene rings is 2. The summed E-state index contributed by atoms with van der Waals surface area (Å²) in [5.74, 6) is 2.12. The van der Waals surface area contributed by atoms with Gasteiger partial charge in [0.2, 0.25) is 0 Å². The molecule has 0 aromatic heterocycles. The molecule has 2 nitrogen and oxygen atoms in total. The van der Waals surface area contributed by atoms with Crippen LogP contribution in [0, 0.1) is 6.92 Å². The van der Waals surface area contributed by atoms with Crippen LogP contribution in [0.25, 0.3) is 0 Å². The zero-order valence-corrected chi connectivity index (χ0v) is 15.5. The lowest BCUT2D eigenvalue weighted by Crippen LogP contribution is -2.29. The Bertz CT molecular complexity index is 629. The predicted molar refractivity (Wildman–Crippen MR) is 108 cm³/mol. The van der Waals surface area contributed by atoms with Crippen LogP contribution < -0.4 is 10.6 Å². The van der Waals surface area contributed by atoms with Crippen LogP contribution in [0.1, 0.15) is 17.5 Å². The van der Waals surface area contributed by atoms with Gasteiger partial charge in [-0.05, 0) is 66.7 Å². The van der Waals surface area contributed by atoms with Crippen LogP contribution in [-0.2, 0) is 5.75 Å². The first kappa shape index (κ1) is 18.1. The van der Waals surface area contributed by atoms with E-state index in [-0.39, 0.29) is 0 Å². The Morgan fingerprint density at radius 2 is 1.96 bits per heavy atom. The van der Waals surface area contributed by atoms with E-state index in [1.165, 1.54) is 11.1 Å². The summed E-state index contributed by atoms with van der Waals surface area (Å²) in [5, 5.41) is 7.92. The molecule has 0 unspecified atom stereocenters. The molecular weight excluding hydrogens is 344 g/mol. The number of aryl methyl sites for hydroxylation is 1. The average molecular weight is 365 g/mol. The number of anilines is 1. The first-order valence-corrected chi connectivity index (χ1v) is 9.51. The van der Waals surface area contributed by atoms with Gasteiger partial charge in [-0.3, -0.25) is 0 Å². The molecule has 0 heterocycles. The third-order valence-electron chi connectivity index (χ3n) is 3.21. The van der Waals surface area contributed by atoms with Gasteiger partial charge >= 0.3 is 0 Å². The largest absolute Gasteiger partial charge is 0.362 e. The summed E-state index contributed by atoms with van der Waals surface area (Å²) < 4.78 is 0. The molecule has 0 saturated heterocycles. The van der Waals surface area contributed by atoms with Crippen LogP contribution in [0.4, 0.5) is 5.69 Å². The van der Waals surface area contributed by atoms with E-state index >= 15 is 0 Å². The molecule has 0 bridgehead atoms. The lowest BCUT2D eigenvalue weighted by molar-refractivity contribution is 0.854. The van der Waals surface area contributed by atoms with Gasteiger partial charge in [0.1, 0.15) is 0 Å².